The van der Waals surface area contributed by atoms with Crippen LogP contribution in [0.3, 0.4) is 0 Å². The van der Waals surface area contributed by atoms with E-state index in [-0.39, 0.29) is 0 Å². The van der Waals surface area contributed by atoms with Gasteiger partial charge in [-0.25, -0.2) is 4.98 Å². The van der Waals surface area contributed by atoms with Gasteiger partial charge in [0.1, 0.15) is 18.0 Å². The van der Waals surface area contributed by atoms with E-state index in [1.165, 1.54) is 5.56 Å². The third-order valence-electron chi connectivity index (χ3n) is 3.81. The number of anilines is 2. The lowest BCUT2D eigenvalue weighted by atomic mass is 10.1. The highest BCUT2D eigenvalue weighted by atomic mass is 15.0. The summed E-state index contributed by atoms with van der Waals surface area (Å²) in [5.74, 6) is 0.542. The normalized spacial score (nSPS) is 12.3. The first-order valence-corrected chi connectivity index (χ1v) is 6.92. The molecular formula is C17H14N4. The van der Waals surface area contributed by atoms with Crippen molar-refractivity contribution in [1.82, 2.24) is 4.98 Å². The fraction of sp³-hybridized carbons (Fsp3) is 0.235. The van der Waals surface area contributed by atoms with Gasteiger partial charge in [-0.15, -0.1) is 0 Å². The standard InChI is InChI=1S/C17H14N4/c1-11-4-2-7-16(14(11)10-19)21-17-13(9-18)8-12-5-3-6-15(12)20-17/h2,4,7-8H,3,5-6H2,1H3,(H,20,21). The molecule has 0 aliphatic heterocycles. The number of nitriles is 2. The molecule has 1 aliphatic rings. The SMILES string of the molecule is Cc1cccc(Nc2nc3c(cc2C#N)CCC3)c1C#N. The highest BCUT2D eigenvalue weighted by molar-refractivity contribution is 5.70. The Labute approximate surface area is 123 Å². The molecule has 0 radical (unpaired) electrons. The Balaban J connectivity index is 2.05. The molecule has 1 aromatic heterocycles. The number of nitrogens with zero attached hydrogens (tertiary/aromatic N) is 3. The number of benzene rings is 1. The third kappa shape index (κ3) is 2.32. The van der Waals surface area contributed by atoms with Gasteiger partial charge in [-0.05, 0) is 49.4 Å². The lowest BCUT2D eigenvalue weighted by Crippen LogP contribution is -2.02. The molecule has 1 aliphatic carbocycles. The highest BCUT2D eigenvalue weighted by Gasteiger charge is 2.17. The summed E-state index contributed by atoms with van der Waals surface area (Å²) in [5, 5.41) is 21.8. The molecule has 0 spiro atoms. The van der Waals surface area contributed by atoms with Crippen LogP contribution in [0, 0.1) is 29.6 Å². The van der Waals surface area contributed by atoms with E-state index >= 15 is 0 Å². The number of rotatable bonds is 2. The van der Waals surface area contributed by atoms with Gasteiger partial charge in [0.05, 0.1) is 16.8 Å². The molecule has 1 heterocycles. The minimum absolute atomic E-state index is 0.529. The van der Waals surface area contributed by atoms with Crippen LogP contribution in [0.15, 0.2) is 24.3 Å². The Hall–Kier alpha value is -2.85. The first-order valence-electron chi connectivity index (χ1n) is 6.92. The minimum Gasteiger partial charge on any atom is -0.338 e. The smallest absolute Gasteiger partial charge is 0.148 e. The van der Waals surface area contributed by atoms with Crippen molar-refractivity contribution in [2.75, 3.05) is 5.32 Å². The van der Waals surface area contributed by atoms with E-state index in [2.05, 4.69) is 22.4 Å². The zero-order chi connectivity index (χ0) is 14.8. The fourth-order valence-corrected chi connectivity index (χ4v) is 2.70. The van der Waals surface area contributed by atoms with Crippen LogP contribution in [-0.4, -0.2) is 4.98 Å². The summed E-state index contributed by atoms with van der Waals surface area (Å²) in [6.07, 6.45) is 3.03. The second-order valence-electron chi connectivity index (χ2n) is 5.19. The van der Waals surface area contributed by atoms with Gasteiger partial charge in [0.2, 0.25) is 0 Å². The van der Waals surface area contributed by atoms with Crippen LogP contribution in [0.5, 0.6) is 0 Å². The number of pyridine rings is 1. The molecule has 0 saturated heterocycles. The van der Waals surface area contributed by atoms with Crippen LogP contribution in [0.25, 0.3) is 0 Å². The number of aryl methyl sites for hydroxylation is 3. The summed E-state index contributed by atoms with van der Waals surface area (Å²) in [6.45, 7) is 1.89. The van der Waals surface area contributed by atoms with Crippen molar-refractivity contribution in [3.05, 3.63) is 52.2 Å². The van der Waals surface area contributed by atoms with Gasteiger partial charge in [-0.2, -0.15) is 10.5 Å². The Morgan fingerprint density at radius 3 is 2.81 bits per heavy atom. The van der Waals surface area contributed by atoms with Crippen molar-refractivity contribution in [3.8, 4) is 12.1 Å². The maximum Gasteiger partial charge on any atom is 0.148 e. The van der Waals surface area contributed by atoms with Gasteiger partial charge in [-0.1, -0.05) is 12.1 Å². The Kier molecular flexibility index (Phi) is 3.30. The lowest BCUT2D eigenvalue weighted by Gasteiger charge is -2.12. The minimum atomic E-state index is 0.529. The summed E-state index contributed by atoms with van der Waals surface area (Å²) < 4.78 is 0. The van der Waals surface area contributed by atoms with Crippen LogP contribution < -0.4 is 5.32 Å². The van der Waals surface area contributed by atoms with Gasteiger partial charge >= 0.3 is 0 Å². The van der Waals surface area contributed by atoms with Crippen molar-refractivity contribution in [2.24, 2.45) is 0 Å². The van der Waals surface area contributed by atoms with Crippen molar-refractivity contribution < 1.29 is 0 Å². The Morgan fingerprint density at radius 2 is 2.05 bits per heavy atom. The summed E-state index contributed by atoms with van der Waals surface area (Å²) in [4.78, 5) is 4.58. The predicted molar refractivity (Wildman–Crippen MR) is 80.2 cm³/mol. The number of hydrogen-bond donors (Lipinski definition) is 1. The van der Waals surface area contributed by atoms with E-state index in [0.717, 1.165) is 30.5 Å². The monoisotopic (exact) mass is 274 g/mol. The van der Waals surface area contributed by atoms with E-state index in [1.54, 1.807) is 0 Å². The zero-order valence-corrected chi connectivity index (χ0v) is 11.8. The van der Waals surface area contributed by atoms with Crippen LogP contribution in [0.4, 0.5) is 11.5 Å². The van der Waals surface area contributed by atoms with Crippen molar-refractivity contribution in [1.29, 1.82) is 10.5 Å². The maximum absolute atomic E-state index is 9.31. The molecule has 0 bridgehead atoms. The number of fused-ring (bicyclic) bond motifs is 1. The van der Waals surface area contributed by atoms with Crippen LogP contribution in [0.2, 0.25) is 0 Å². The molecule has 1 aromatic carbocycles. The van der Waals surface area contributed by atoms with E-state index in [0.29, 0.717) is 22.6 Å². The van der Waals surface area contributed by atoms with E-state index in [1.807, 2.05) is 31.2 Å². The van der Waals surface area contributed by atoms with Crippen LogP contribution in [0.1, 0.15) is 34.4 Å². The summed E-state index contributed by atoms with van der Waals surface area (Å²) in [7, 11) is 0. The molecule has 0 fully saturated rings. The highest BCUT2D eigenvalue weighted by Crippen LogP contribution is 2.28. The maximum atomic E-state index is 9.31. The molecule has 0 saturated carbocycles. The predicted octanol–water partition coefficient (Wildman–Crippen LogP) is 3.37. The van der Waals surface area contributed by atoms with Crippen molar-refractivity contribution >= 4 is 11.5 Å². The lowest BCUT2D eigenvalue weighted by molar-refractivity contribution is 0.900. The third-order valence-corrected chi connectivity index (χ3v) is 3.81. The molecule has 0 unspecified atom stereocenters. The van der Waals surface area contributed by atoms with Crippen LogP contribution in [-0.2, 0) is 12.8 Å². The van der Waals surface area contributed by atoms with Crippen molar-refractivity contribution in [3.63, 3.8) is 0 Å². The van der Waals surface area contributed by atoms with Crippen molar-refractivity contribution in [2.45, 2.75) is 26.2 Å². The largest absolute Gasteiger partial charge is 0.338 e. The fourth-order valence-electron chi connectivity index (χ4n) is 2.70. The molecule has 4 heteroatoms. The van der Waals surface area contributed by atoms with E-state index in [4.69, 9.17) is 0 Å². The van der Waals surface area contributed by atoms with Gasteiger partial charge in [0, 0.05) is 5.69 Å². The van der Waals surface area contributed by atoms with Gasteiger partial charge < -0.3 is 5.32 Å². The van der Waals surface area contributed by atoms with Gasteiger partial charge in [-0.3, -0.25) is 0 Å². The molecule has 0 atom stereocenters. The average Bonchev–Trinajstić information content (AvgIpc) is 2.94. The first kappa shape index (κ1) is 13.1. The molecule has 4 nitrogen and oxygen atoms in total. The summed E-state index contributed by atoms with van der Waals surface area (Å²) >= 11 is 0. The van der Waals surface area contributed by atoms with Gasteiger partial charge in [0.25, 0.3) is 0 Å². The second-order valence-corrected chi connectivity index (χ2v) is 5.19. The summed E-state index contributed by atoms with van der Waals surface area (Å²) in [5.41, 5.74) is 4.94. The first-order chi connectivity index (χ1) is 10.2. The number of hydrogen-bond acceptors (Lipinski definition) is 4. The quantitative estimate of drug-likeness (QED) is 0.911. The molecule has 0 amide bonds. The Morgan fingerprint density at radius 1 is 1.19 bits per heavy atom. The molecule has 1 N–H and O–H groups in total. The van der Waals surface area contributed by atoms with E-state index in [9.17, 15) is 10.5 Å². The Bertz CT molecular complexity index is 794. The zero-order valence-electron chi connectivity index (χ0n) is 11.8. The van der Waals surface area contributed by atoms with E-state index < -0.39 is 0 Å². The molecular weight excluding hydrogens is 260 g/mol. The number of nitrogens with one attached hydrogen (secondary N) is 1. The second kappa shape index (κ2) is 5.26. The molecule has 21 heavy (non-hydrogen) atoms. The topological polar surface area (TPSA) is 72.5 Å². The van der Waals surface area contributed by atoms with Crippen LogP contribution >= 0.6 is 0 Å². The molecule has 102 valence electrons. The molecule has 2 aromatic rings. The molecule has 3 rings (SSSR count). The van der Waals surface area contributed by atoms with Gasteiger partial charge in [0.15, 0.2) is 0 Å². The summed E-state index contributed by atoms with van der Waals surface area (Å²) in [6, 6.07) is 11.9. The number of aromatic nitrogens is 1. The average molecular weight is 274 g/mol.